The smallest absolute Gasteiger partial charge is 0.237 e. The lowest BCUT2D eigenvalue weighted by Crippen LogP contribution is -1.99. The third-order valence-corrected chi connectivity index (χ3v) is 2.81. The number of rotatable bonds is 3. The van der Waals surface area contributed by atoms with Gasteiger partial charge in [-0.05, 0) is 23.6 Å². The van der Waals surface area contributed by atoms with Crippen LogP contribution >= 0.6 is 0 Å². The first kappa shape index (κ1) is 12.8. The summed E-state index contributed by atoms with van der Waals surface area (Å²) >= 11 is 0. The summed E-state index contributed by atoms with van der Waals surface area (Å²) in [7, 11) is 0. The molecule has 92 valence electrons. The molecule has 2 aromatic rings. The second-order valence-corrected chi connectivity index (χ2v) is 4.12. The van der Waals surface area contributed by atoms with Gasteiger partial charge >= 0.3 is 0 Å². The van der Waals surface area contributed by atoms with Gasteiger partial charge in [0.15, 0.2) is 5.78 Å². The van der Waals surface area contributed by atoms with Crippen LogP contribution in [0.4, 0.5) is 0 Å². The van der Waals surface area contributed by atoms with Gasteiger partial charge in [0.25, 0.3) is 0 Å². The predicted octanol–water partition coefficient (Wildman–Crippen LogP) is 3.95. The van der Waals surface area contributed by atoms with Crippen LogP contribution in [0.2, 0.25) is 0 Å². The van der Waals surface area contributed by atoms with Crippen LogP contribution in [0.3, 0.4) is 0 Å². The average molecular weight is 247 g/mol. The average Bonchev–Trinajstić information content (AvgIpc) is 2.46. The van der Waals surface area contributed by atoms with Gasteiger partial charge in [-0.15, -0.1) is 0 Å². The van der Waals surface area contributed by atoms with E-state index in [1.165, 1.54) is 6.92 Å². The molecule has 0 fully saturated rings. The molecule has 0 spiro atoms. The number of hydrogen-bond donors (Lipinski definition) is 0. The van der Waals surface area contributed by atoms with Crippen molar-refractivity contribution in [3.8, 4) is 0 Å². The van der Waals surface area contributed by atoms with E-state index in [4.69, 9.17) is 6.57 Å². The number of nitrogens with zero attached hydrogens (tertiary/aromatic N) is 1. The standard InChI is InChI=1S/C17H13NO/c1-13(19)17(18-2)16(14-9-5-3-6-10-14)15-11-7-4-8-12-15/h3-12H,1H3. The molecule has 0 amide bonds. The molecule has 2 heteroatoms. The molecular weight excluding hydrogens is 234 g/mol. The Bertz CT molecular complexity index is 607. The van der Waals surface area contributed by atoms with E-state index in [0.29, 0.717) is 5.57 Å². The molecule has 0 saturated carbocycles. The van der Waals surface area contributed by atoms with Gasteiger partial charge in [-0.1, -0.05) is 60.7 Å². The number of allylic oxidation sites excluding steroid dienone is 1. The highest BCUT2D eigenvalue weighted by Crippen LogP contribution is 2.27. The molecule has 0 heterocycles. The lowest BCUT2D eigenvalue weighted by molar-refractivity contribution is -0.113. The third kappa shape index (κ3) is 2.78. The van der Waals surface area contributed by atoms with Gasteiger partial charge in [-0.2, -0.15) is 0 Å². The van der Waals surface area contributed by atoms with E-state index in [1.807, 2.05) is 60.7 Å². The Morgan fingerprint density at radius 1 is 0.895 bits per heavy atom. The van der Waals surface area contributed by atoms with E-state index in [1.54, 1.807) is 0 Å². The molecule has 2 rings (SSSR count). The van der Waals surface area contributed by atoms with Gasteiger partial charge in [-0.3, -0.25) is 0 Å². The second-order valence-electron chi connectivity index (χ2n) is 4.12. The Labute approximate surface area is 112 Å². The zero-order valence-electron chi connectivity index (χ0n) is 10.6. The zero-order valence-corrected chi connectivity index (χ0v) is 10.6. The SMILES string of the molecule is [C-]#[N+]C(C(C)=O)=C(c1ccccc1)c1ccccc1. The highest BCUT2D eigenvalue weighted by Gasteiger charge is 2.15. The molecule has 0 radical (unpaired) electrons. The molecule has 0 unspecified atom stereocenters. The Hall–Kier alpha value is -2.66. The van der Waals surface area contributed by atoms with Crippen molar-refractivity contribution >= 4 is 11.4 Å². The van der Waals surface area contributed by atoms with Crippen molar-refractivity contribution in [1.29, 1.82) is 0 Å². The Morgan fingerprint density at radius 2 is 1.32 bits per heavy atom. The topological polar surface area (TPSA) is 21.4 Å². The summed E-state index contributed by atoms with van der Waals surface area (Å²) in [5, 5.41) is 0. The van der Waals surface area contributed by atoms with Crippen LogP contribution in [0.1, 0.15) is 18.1 Å². The number of hydrogen-bond acceptors (Lipinski definition) is 1. The van der Waals surface area contributed by atoms with Crippen LogP contribution in [0.25, 0.3) is 10.4 Å². The van der Waals surface area contributed by atoms with Crippen molar-refractivity contribution < 1.29 is 4.79 Å². The minimum absolute atomic E-state index is 0.178. The maximum absolute atomic E-state index is 11.7. The minimum atomic E-state index is -0.210. The van der Waals surface area contributed by atoms with Crippen LogP contribution < -0.4 is 0 Å². The molecular formula is C17H13NO. The fourth-order valence-electron chi connectivity index (χ4n) is 1.96. The van der Waals surface area contributed by atoms with Crippen LogP contribution in [0.5, 0.6) is 0 Å². The monoisotopic (exact) mass is 247 g/mol. The van der Waals surface area contributed by atoms with E-state index in [9.17, 15) is 4.79 Å². The molecule has 0 aliphatic carbocycles. The highest BCUT2D eigenvalue weighted by atomic mass is 16.1. The summed E-state index contributed by atoms with van der Waals surface area (Å²) in [5.74, 6) is -0.210. The van der Waals surface area contributed by atoms with E-state index in [-0.39, 0.29) is 11.5 Å². The first-order chi connectivity index (χ1) is 9.24. The van der Waals surface area contributed by atoms with Crippen molar-refractivity contribution in [3.05, 3.63) is 88.9 Å². The van der Waals surface area contributed by atoms with Crippen molar-refractivity contribution in [3.63, 3.8) is 0 Å². The Kier molecular flexibility index (Phi) is 3.90. The maximum atomic E-state index is 11.7. The number of benzene rings is 2. The van der Waals surface area contributed by atoms with Crippen LogP contribution in [-0.4, -0.2) is 5.78 Å². The van der Waals surface area contributed by atoms with Gasteiger partial charge in [0.2, 0.25) is 5.70 Å². The van der Waals surface area contributed by atoms with Gasteiger partial charge < -0.3 is 4.79 Å². The van der Waals surface area contributed by atoms with Crippen LogP contribution in [0, 0.1) is 6.57 Å². The molecule has 0 bridgehead atoms. The minimum Gasteiger partial charge on any atom is -0.308 e. The summed E-state index contributed by atoms with van der Waals surface area (Å²) in [6.07, 6.45) is 0. The molecule has 0 aliphatic rings. The van der Waals surface area contributed by atoms with E-state index in [2.05, 4.69) is 4.85 Å². The number of ketones is 1. The van der Waals surface area contributed by atoms with Crippen molar-refractivity contribution in [2.75, 3.05) is 0 Å². The first-order valence-corrected chi connectivity index (χ1v) is 5.97. The fraction of sp³-hybridized carbons (Fsp3) is 0.0588. The number of Topliss-reactive ketones (excluding diaryl/α,β-unsaturated/α-hetero) is 1. The summed E-state index contributed by atoms with van der Waals surface area (Å²) in [6.45, 7) is 8.70. The van der Waals surface area contributed by atoms with E-state index >= 15 is 0 Å². The largest absolute Gasteiger partial charge is 0.308 e. The van der Waals surface area contributed by atoms with Crippen LogP contribution in [-0.2, 0) is 4.79 Å². The predicted molar refractivity (Wildman–Crippen MR) is 76.2 cm³/mol. The van der Waals surface area contributed by atoms with E-state index < -0.39 is 0 Å². The van der Waals surface area contributed by atoms with Crippen molar-refractivity contribution in [2.45, 2.75) is 6.92 Å². The fourth-order valence-corrected chi connectivity index (χ4v) is 1.96. The lowest BCUT2D eigenvalue weighted by atomic mass is 9.95. The van der Waals surface area contributed by atoms with Crippen molar-refractivity contribution in [1.82, 2.24) is 0 Å². The van der Waals surface area contributed by atoms with Crippen molar-refractivity contribution in [2.24, 2.45) is 0 Å². The number of carbonyl (C=O) groups is 1. The van der Waals surface area contributed by atoms with Gasteiger partial charge in [0, 0.05) is 0 Å². The third-order valence-electron chi connectivity index (χ3n) is 2.81. The summed E-state index contributed by atoms with van der Waals surface area (Å²) in [5.41, 5.74) is 2.64. The second kappa shape index (κ2) is 5.79. The molecule has 0 aromatic heterocycles. The van der Waals surface area contributed by atoms with Gasteiger partial charge in [0.05, 0.1) is 6.57 Å². The molecule has 2 nitrogen and oxygen atoms in total. The molecule has 0 saturated heterocycles. The van der Waals surface area contributed by atoms with Crippen LogP contribution in [0.15, 0.2) is 66.4 Å². The summed E-state index contributed by atoms with van der Waals surface area (Å²) in [6, 6.07) is 19.1. The maximum Gasteiger partial charge on any atom is 0.237 e. The Morgan fingerprint density at radius 3 is 1.63 bits per heavy atom. The molecule has 0 atom stereocenters. The summed E-state index contributed by atoms with van der Waals surface area (Å²) in [4.78, 5) is 15.1. The Balaban J connectivity index is 2.73. The van der Waals surface area contributed by atoms with Gasteiger partial charge in [-0.25, -0.2) is 4.85 Å². The molecule has 0 N–H and O–H groups in total. The normalized spacial score (nSPS) is 9.47. The molecule has 2 aromatic carbocycles. The molecule has 0 aliphatic heterocycles. The molecule has 19 heavy (non-hydrogen) atoms. The summed E-state index contributed by atoms with van der Waals surface area (Å²) < 4.78 is 0. The lowest BCUT2D eigenvalue weighted by Gasteiger charge is -2.10. The van der Waals surface area contributed by atoms with E-state index in [0.717, 1.165) is 11.1 Å². The quantitative estimate of drug-likeness (QED) is 0.594. The number of carbonyl (C=O) groups excluding carboxylic acids is 1. The zero-order chi connectivity index (χ0) is 13.7. The van der Waals surface area contributed by atoms with Gasteiger partial charge in [0.1, 0.15) is 0 Å². The highest BCUT2D eigenvalue weighted by molar-refractivity contribution is 6.06. The first-order valence-electron chi connectivity index (χ1n) is 5.97.